The Labute approximate surface area is 177 Å². The number of halogens is 2. The predicted octanol–water partition coefficient (Wildman–Crippen LogP) is 5.16. The van der Waals surface area contributed by atoms with Crippen molar-refractivity contribution >= 4 is 0 Å². The lowest BCUT2D eigenvalue weighted by atomic mass is 9.58. The van der Waals surface area contributed by atoms with Crippen molar-refractivity contribution in [1.29, 1.82) is 0 Å². The van der Waals surface area contributed by atoms with Gasteiger partial charge in [-0.3, -0.25) is 10.1 Å². The highest BCUT2D eigenvalue weighted by molar-refractivity contribution is 5.63. The van der Waals surface area contributed by atoms with Crippen LogP contribution in [0.4, 0.5) is 8.78 Å². The van der Waals surface area contributed by atoms with Crippen LogP contribution in [-0.4, -0.2) is 25.4 Å². The highest BCUT2D eigenvalue weighted by Crippen LogP contribution is 2.55. The van der Waals surface area contributed by atoms with Gasteiger partial charge in [-0.15, -0.1) is 5.10 Å². The van der Waals surface area contributed by atoms with Crippen molar-refractivity contribution in [3.8, 4) is 22.5 Å². The summed E-state index contributed by atoms with van der Waals surface area (Å²) in [5.41, 5.74) is 4.49. The van der Waals surface area contributed by atoms with E-state index in [1.807, 2.05) is 30.5 Å². The Morgan fingerprint density at radius 3 is 2.45 bits per heavy atom. The van der Waals surface area contributed by atoms with Gasteiger partial charge >= 0.3 is 0 Å². The number of benzene rings is 1. The molecule has 0 spiro atoms. The molecule has 4 aromatic rings. The number of hydrogen-bond acceptors (Lipinski definition) is 4. The van der Waals surface area contributed by atoms with Crippen molar-refractivity contribution in [2.75, 3.05) is 0 Å². The Morgan fingerprint density at radius 1 is 0.935 bits per heavy atom. The van der Waals surface area contributed by atoms with Gasteiger partial charge in [0.2, 0.25) is 0 Å². The second-order valence-corrected chi connectivity index (χ2v) is 8.38. The minimum Gasteiger partial charge on any atom is -0.285 e. The Kier molecular flexibility index (Phi) is 4.00. The van der Waals surface area contributed by atoms with Gasteiger partial charge in [-0.05, 0) is 67.5 Å². The molecule has 0 amide bonds. The summed E-state index contributed by atoms with van der Waals surface area (Å²) in [6.45, 7) is 0. The molecule has 0 radical (unpaired) electrons. The second kappa shape index (κ2) is 6.77. The molecule has 1 N–H and O–H groups in total. The number of fused-ring (bicyclic) bond motifs is 2. The molecular formula is C24H19F2N5. The molecule has 5 nitrogen and oxygen atoms in total. The fourth-order valence-electron chi connectivity index (χ4n) is 5.24. The molecule has 3 aliphatic rings. The first kappa shape index (κ1) is 18.3. The maximum atomic E-state index is 14.3. The molecular weight excluding hydrogens is 396 g/mol. The number of rotatable bonds is 3. The van der Waals surface area contributed by atoms with E-state index in [-0.39, 0.29) is 16.7 Å². The molecule has 31 heavy (non-hydrogen) atoms. The van der Waals surface area contributed by atoms with Crippen molar-refractivity contribution in [2.45, 2.75) is 37.0 Å². The fourth-order valence-corrected chi connectivity index (χ4v) is 5.24. The maximum Gasteiger partial charge on any atom is 0.135 e. The second-order valence-electron chi connectivity index (χ2n) is 8.38. The van der Waals surface area contributed by atoms with E-state index < -0.39 is 11.6 Å². The topological polar surface area (TPSA) is 67.3 Å². The summed E-state index contributed by atoms with van der Waals surface area (Å²) < 4.78 is 28.7. The highest BCUT2D eigenvalue weighted by Gasteiger charge is 2.48. The van der Waals surface area contributed by atoms with Crippen molar-refractivity contribution in [2.24, 2.45) is 0 Å². The Hall–Kier alpha value is -3.48. The minimum atomic E-state index is -0.626. The van der Waals surface area contributed by atoms with Gasteiger partial charge in [-0.25, -0.2) is 8.78 Å². The molecule has 0 unspecified atom stereocenters. The van der Waals surface area contributed by atoms with Crippen molar-refractivity contribution in [3.05, 3.63) is 83.4 Å². The van der Waals surface area contributed by atoms with E-state index in [2.05, 4.69) is 20.4 Å². The third-order valence-corrected chi connectivity index (χ3v) is 6.81. The van der Waals surface area contributed by atoms with Gasteiger partial charge in [0, 0.05) is 11.8 Å². The van der Waals surface area contributed by atoms with E-state index in [9.17, 15) is 8.78 Å². The lowest BCUT2D eigenvalue weighted by molar-refractivity contribution is 0.264. The quantitative estimate of drug-likeness (QED) is 0.502. The molecule has 7 heteroatoms. The highest BCUT2D eigenvalue weighted by atomic mass is 19.1. The van der Waals surface area contributed by atoms with E-state index >= 15 is 0 Å². The molecule has 3 heterocycles. The number of H-pyrrole nitrogens is 1. The molecule has 3 aromatic heterocycles. The van der Waals surface area contributed by atoms with Gasteiger partial charge < -0.3 is 0 Å². The van der Waals surface area contributed by atoms with Gasteiger partial charge in [0.25, 0.3) is 0 Å². The molecule has 154 valence electrons. The standard InChI is InChI=1S/C24H19F2N5/c25-17-3-1-4-18(26)22(17)20-11-16-14-7-9-24(10-8-14,23(16)31-30-20)21-6-2-5-19(29-21)15-12-27-28-13-15/h1-6,11-14H,7-10H2,(H,27,28)/t14-,24+. The van der Waals surface area contributed by atoms with Crippen LogP contribution in [0.15, 0.2) is 54.9 Å². The molecule has 0 aliphatic heterocycles. The van der Waals surface area contributed by atoms with Gasteiger partial charge in [0.15, 0.2) is 0 Å². The normalized spacial score (nSPS) is 21.8. The van der Waals surface area contributed by atoms with Crippen LogP contribution in [0.5, 0.6) is 0 Å². The van der Waals surface area contributed by atoms with Gasteiger partial charge in [0.05, 0.1) is 40.0 Å². The summed E-state index contributed by atoms with van der Waals surface area (Å²) in [6.07, 6.45) is 7.45. The SMILES string of the molecule is Fc1cccc(F)c1-c1cc2c(nn1)[C@]1(c3cccc(-c4cn[nH]c4)n3)CC[C@H]2CC1. The van der Waals surface area contributed by atoms with Crippen molar-refractivity contribution in [1.82, 2.24) is 25.4 Å². The monoisotopic (exact) mass is 415 g/mol. The van der Waals surface area contributed by atoms with Crippen LogP contribution in [0.3, 0.4) is 0 Å². The van der Waals surface area contributed by atoms with Crippen LogP contribution in [0.2, 0.25) is 0 Å². The van der Waals surface area contributed by atoms with Crippen LogP contribution in [0.1, 0.15) is 48.6 Å². The molecule has 0 atom stereocenters. The van der Waals surface area contributed by atoms with Gasteiger partial charge in [-0.1, -0.05) is 12.1 Å². The molecule has 0 saturated heterocycles. The van der Waals surface area contributed by atoms with Crippen LogP contribution in [-0.2, 0) is 5.41 Å². The molecule has 1 fully saturated rings. The smallest absolute Gasteiger partial charge is 0.135 e. The number of nitrogens with one attached hydrogen (secondary N) is 1. The summed E-state index contributed by atoms with van der Waals surface area (Å²) in [5, 5.41) is 15.7. The average molecular weight is 415 g/mol. The Bertz CT molecular complexity index is 1260. The molecule has 1 saturated carbocycles. The first-order valence-electron chi connectivity index (χ1n) is 10.4. The molecule has 3 aliphatic carbocycles. The molecule has 7 rings (SSSR count). The average Bonchev–Trinajstić information content (AvgIpc) is 3.35. The summed E-state index contributed by atoms with van der Waals surface area (Å²) in [4.78, 5) is 4.97. The minimum absolute atomic E-state index is 0.117. The zero-order valence-electron chi connectivity index (χ0n) is 16.6. The van der Waals surface area contributed by atoms with E-state index in [1.165, 1.54) is 18.2 Å². The first-order valence-corrected chi connectivity index (χ1v) is 10.4. The third kappa shape index (κ3) is 2.72. The summed E-state index contributed by atoms with van der Waals surface area (Å²) >= 11 is 0. The lowest BCUT2D eigenvalue weighted by Gasteiger charge is -2.46. The van der Waals surface area contributed by atoms with Crippen LogP contribution in [0, 0.1) is 11.6 Å². The summed E-state index contributed by atoms with van der Waals surface area (Å²) in [6, 6.07) is 11.7. The predicted molar refractivity (Wildman–Crippen MR) is 111 cm³/mol. The van der Waals surface area contributed by atoms with Crippen LogP contribution >= 0.6 is 0 Å². The van der Waals surface area contributed by atoms with E-state index in [1.54, 1.807) is 6.20 Å². The number of pyridine rings is 1. The van der Waals surface area contributed by atoms with Crippen LogP contribution in [0.25, 0.3) is 22.5 Å². The van der Waals surface area contributed by atoms with Gasteiger partial charge in [0.1, 0.15) is 11.6 Å². The van der Waals surface area contributed by atoms with E-state index in [4.69, 9.17) is 4.98 Å². The van der Waals surface area contributed by atoms with E-state index in [0.717, 1.165) is 53.9 Å². The van der Waals surface area contributed by atoms with Gasteiger partial charge in [-0.2, -0.15) is 10.2 Å². The van der Waals surface area contributed by atoms with E-state index in [0.29, 0.717) is 5.92 Å². The maximum absolute atomic E-state index is 14.3. The largest absolute Gasteiger partial charge is 0.285 e. The Balaban J connectivity index is 1.49. The van der Waals surface area contributed by atoms with Crippen molar-refractivity contribution < 1.29 is 8.78 Å². The van der Waals surface area contributed by atoms with Crippen LogP contribution < -0.4 is 0 Å². The number of aromatic amines is 1. The Morgan fingerprint density at radius 2 is 1.71 bits per heavy atom. The number of hydrogen-bond donors (Lipinski definition) is 1. The van der Waals surface area contributed by atoms with Crippen molar-refractivity contribution in [3.63, 3.8) is 0 Å². The lowest BCUT2D eigenvalue weighted by Crippen LogP contribution is -2.41. The fraction of sp³-hybridized carbons (Fsp3) is 0.250. The number of nitrogens with zero attached hydrogens (tertiary/aromatic N) is 4. The zero-order valence-corrected chi connectivity index (χ0v) is 16.6. The summed E-state index contributed by atoms with van der Waals surface area (Å²) in [7, 11) is 0. The summed E-state index contributed by atoms with van der Waals surface area (Å²) in [5.74, 6) is -0.920. The molecule has 1 aromatic carbocycles. The molecule has 2 bridgehead atoms. The third-order valence-electron chi connectivity index (χ3n) is 6.81. The first-order chi connectivity index (χ1) is 15.2. The zero-order chi connectivity index (χ0) is 21.0. The number of aromatic nitrogens is 5.